The standard InChI is InChI=1S/C28H39NO6S/c1-19-6-8-22(9-7-19)36(31,32)35-13-11-28(2,3)17-21-18-29-12-10-20-14-26(33-4)27(34-5)15-23(20)24(29)16-25(21)30/h6-9,14-15,21,24-25,30H,10-13,16-18H2,1-5H3/t21-,24-,25+/m1/s1. The van der Waals surface area contributed by atoms with Crippen molar-refractivity contribution in [3.8, 4) is 11.5 Å². The molecular weight excluding hydrogens is 478 g/mol. The highest BCUT2D eigenvalue weighted by molar-refractivity contribution is 7.86. The van der Waals surface area contributed by atoms with E-state index in [2.05, 4.69) is 30.9 Å². The summed E-state index contributed by atoms with van der Waals surface area (Å²) in [6.07, 6.45) is 2.56. The van der Waals surface area contributed by atoms with Crippen LogP contribution in [-0.4, -0.2) is 58.4 Å². The van der Waals surface area contributed by atoms with Crippen LogP contribution in [0.4, 0.5) is 0 Å². The first-order chi connectivity index (χ1) is 17.0. The van der Waals surface area contributed by atoms with Crippen molar-refractivity contribution in [3.63, 3.8) is 0 Å². The number of ether oxygens (including phenoxy) is 2. The molecular formula is C28H39NO6S. The molecule has 0 spiro atoms. The highest BCUT2D eigenvalue weighted by Gasteiger charge is 2.40. The lowest BCUT2D eigenvalue weighted by atomic mass is 9.74. The molecule has 1 fully saturated rings. The van der Waals surface area contributed by atoms with E-state index < -0.39 is 16.2 Å². The van der Waals surface area contributed by atoms with Gasteiger partial charge in [0.25, 0.3) is 10.1 Å². The molecule has 0 aliphatic carbocycles. The van der Waals surface area contributed by atoms with Gasteiger partial charge in [0.2, 0.25) is 0 Å². The lowest BCUT2D eigenvalue weighted by Gasteiger charge is -2.47. The maximum atomic E-state index is 12.5. The number of aliphatic hydroxyl groups excluding tert-OH is 1. The van der Waals surface area contributed by atoms with Gasteiger partial charge in [-0.05, 0) is 79.3 Å². The van der Waals surface area contributed by atoms with Gasteiger partial charge in [0.05, 0.1) is 31.8 Å². The van der Waals surface area contributed by atoms with Crippen LogP contribution in [0.1, 0.15) is 55.8 Å². The number of aliphatic hydroxyl groups is 1. The van der Waals surface area contributed by atoms with Crippen molar-refractivity contribution in [2.75, 3.05) is 33.9 Å². The number of methoxy groups -OCH3 is 2. The van der Waals surface area contributed by atoms with Crippen molar-refractivity contribution >= 4 is 10.1 Å². The zero-order valence-electron chi connectivity index (χ0n) is 22.0. The normalized spacial score (nSPS) is 22.6. The van der Waals surface area contributed by atoms with Crippen LogP contribution in [0, 0.1) is 18.3 Å². The summed E-state index contributed by atoms with van der Waals surface area (Å²) in [4.78, 5) is 2.65. The Balaban J connectivity index is 1.37. The summed E-state index contributed by atoms with van der Waals surface area (Å²) in [5, 5.41) is 11.1. The SMILES string of the molecule is COc1cc2c(cc1OC)[C@H]1C[C@H](O)[C@H](CC(C)(C)CCOS(=O)(=O)c3ccc(C)cc3)CN1CC2. The van der Waals surface area contributed by atoms with Crippen molar-refractivity contribution in [3.05, 3.63) is 53.1 Å². The molecule has 2 heterocycles. The number of benzene rings is 2. The zero-order chi connectivity index (χ0) is 26.1. The van der Waals surface area contributed by atoms with E-state index in [1.54, 1.807) is 38.5 Å². The molecule has 7 nitrogen and oxygen atoms in total. The summed E-state index contributed by atoms with van der Waals surface area (Å²) in [5.41, 5.74) is 3.29. The average Bonchev–Trinajstić information content (AvgIpc) is 2.83. The highest BCUT2D eigenvalue weighted by Crippen LogP contribution is 2.45. The molecule has 0 radical (unpaired) electrons. The van der Waals surface area contributed by atoms with E-state index in [9.17, 15) is 13.5 Å². The van der Waals surface area contributed by atoms with E-state index in [-0.39, 0.29) is 28.9 Å². The van der Waals surface area contributed by atoms with Crippen molar-refractivity contribution in [2.24, 2.45) is 11.3 Å². The van der Waals surface area contributed by atoms with Gasteiger partial charge in [-0.25, -0.2) is 0 Å². The van der Waals surface area contributed by atoms with Gasteiger partial charge in [0.15, 0.2) is 11.5 Å². The van der Waals surface area contributed by atoms with Gasteiger partial charge in [0, 0.05) is 19.1 Å². The summed E-state index contributed by atoms with van der Waals surface area (Å²) in [7, 11) is -0.476. The Labute approximate surface area is 215 Å². The quantitative estimate of drug-likeness (QED) is 0.490. The van der Waals surface area contributed by atoms with E-state index >= 15 is 0 Å². The van der Waals surface area contributed by atoms with Gasteiger partial charge in [-0.3, -0.25) is 9.08 Å². The van der Waals surface area contributed by atoms with Crippen LogP contribution < -0.4 is 9.47 Å². The molecule has 0 aromatic heterocycles. The van der Waals surface area contributed by atoms with Crippen LogP contribution >= 0.6 is 0 Å². The van der Waals surface area contributed by atoms with Gasteiger partial charge in [0.1, 0.15) is 0 Å². The maximum absolute atomic E-state index is 12.5. The number of hydrogen-bond donors (Lipinski definition) is 1. The first-order valence-electron chi connectivity index (χ1n) is 12.7. The van der Waals surface area contributed by atoms with Crippen LogP contribution in [-0.2, 0) is 20.7 Å². The minimum absolute atomic E-state index is 0.117. The van der Waals surface area contributed by atoms with Crippen molar-refractivity contribution in [1.29, 1.82) is 0 Å². The van der Waals surface area contributed by atoms with E-state index in [4.69, 9.17) is 13.7 Å². The predicted molar refractivity (Wildman–Crippen MR) is 139 cm³/mol. The Morgan fingerprint density at radius 2 is 1.75 bits per heavy atom. The number of nitrogens with zero attached hydrogens (tertiary/aromatic N) is 1. The number of fused-ring (bicyclic) bond motifs is 3. The van der Waals surface area contributed by atoms with E-state index in [0.717, 1.165) is 43.0 Å². The second-order valence-corrected chi connectivity index (χ2v) is 12.6. The fraction of sp³-hybridized carbons (Fsp3) is 0.571. The predicted octanol–water partition coefficient (Wildman–Crippen LogP) is 4.50. The second kappa shape index (κ2) is 10.7. The molecule has 2 aliphatic rings. The monoisotopic (exact) mass is 517 g/mol. The van der Waals surface area contributed by atoms with Gasteiger partial charge >= 0.3 is 0 Å². The molecule has 36 heavy (non-hydrogen) atoms. The third-order valence-electron chi connectivity index (χ3n) is 7.73. The van der Waals surface area contributed by atoms with Crippen molar-refractivity contribution in [2.45, 2.75) is 63.5 Å². The first kappa shape index (κ1) is 26.9. The molecule has 0 amide bonds. The number of rotatable bonds is 9. The number of hydrogen-bond acceptors (Lipinski definition) is 7. The molecule has 2 aromatic carbocycles. The fourth-order valence-corrected chi connectivity index (χ4v) is 6.54. The molecule has 0 saturated carbocycles. The van der Waals surface area contributed by atoms with Gasteiger partial charge in [-0.2, -0.15) is 8.42 Å². The average molecular weight is 518 g/mol. The fourth-order valence-electron chi connectivity index (χ4n) is 5.63. The Kier molecular flexibility index (Phi) is 8.00. The number of piperidine rings is 1. The van der Waals surface area contributed by atoms with Crippen molar-refractivity contribution in [1.82, 2.24) is 4.90 Å². The third-order valence-corrected chi connectivity index (χ3v) is 9.06. The van der Waals surface area contributed by atoms with Crippen LogP contribution in [0.5, 0.6) is 11.5 Å². The molecule has 2 aromatic rings. The second-order valence-electron chi connectivity index (χ2n) is 10.9. The molecule has 3 atom stereocenters. The lowest BCUT2D eigenvalue weighted by molar-refractivity contribution is -0.0292. The van der Waals surface area contributed by atoms with Crippen LogP contribution in [0.3, 0.4) is 0 Å². The highest BCUT2D eigenvalue weighted by atomic mass is 32.2. The molecule has 4 rings (SSSR count). The topological polar surface area (TPSA) is 85.3 Å². The van der Waals surface area contributed by atoms with Crippen LogP contribution in [0.15, 0.2) is 41.3 Å². The summed E-state index contributed by atoms with van der Waals surface area (Å²) < 4.78 is 41.4. The Morgan fingerprint density at radius 1 is 1.08 bits per heavy atom. The summed E-state index contributed by atoms with van der Waals surface area (Å²) >= 11 is 0. The Bertz CT molecular complexity index is 1160. The Morgan fingerprint density at radius 3 is 2.42 bits per heavy atom. The smallest absolute Gasteiger partial charge is 0.296 e. The lowest BCUT2D eigenvalue weighted by Crippen LogP contribution is -2.49. The number of aryl methyl sites for hydroxylation is 1. The third kappa shape index (κ3) is 5.88. The van der Waals surface area contributed by atoms with Crippen LogP contribution in [0.2, 0.25) is 0 Å². The van der Waals surface area contributed by atoms with Gasteiger partial charge in [-0.15, -0.1) is 0 Å². The van der Waals surface area contributed by atoms with E-state index in [0.29, 0.717) is 12.8 Å². The maximum Gasteiger partial charge on any atom is 0.296 e. The Hall–Kier alpha value is -2.13. The molecule has 0 unspecified atom stereocenters. The zero-order valence-corrected chi connectivity index (χ0v) is 22.8. The minimum Gasteiger partial charge on any atom is -0.493 e. The van der Waals surface area contributed by atoms with Gasteiger partial charge in [-0.1, -0.05) is 31.5 Å². The first-order valence-corrected chi connectivity index (χ1v) is 14.1. The minimum atomic E-state index is -3.78. The largest absolute Gasteiger partial charge is 0.493 e. The summed E-state index contributed by atoms with van der Waals surface area (Å²) in [5.74, 6) is 1.58. The van der Waals surface area contributed by atoms with E-state index in [1.165, 1.54) is 11.1 Å². The molecule has 1 N–H and O–H groups in total. The molecule has 0 bridgehead atoms. The van der Waals surface area contributed by atoms with Crippen molar-refractivity contribution < 1.29 is 27.2 Å². The summed E-state index contributed by atoms with van der Waals surface area (Å²) in [6.45, 7) is 8.03. The molecule has 198 valence electrons. The van der Waals surface area contributed by atoms with E-state index in [1.807, 2.05) is 6.92 Å². The summed E-state index contributed by atoms with van der Waals surface area (Å²) in [6, 6.07) is 11.0. The van der Waals surface area contributed by atoms with Gasteiger partial charge < -0.3 is 14.6 Å². The molecule has 8 heteroatoms. The molecule has 2 aliphatic heterocycles. The van der Waals surface area contributed by atoms with Crippen LogP contribution in [0.25, 0.3) is 0 Å². The molecule has 1 saturated heterocycles.